The average molecular weight is 386 g/mol. The Morgan fingerprint density at radius 3 is 2.52 bits per heavy atom. The molecule has 1 aromatic carbocycles. The van der Waals surface area contributed by atoms with E-state index in [0.29, 0.717) is 23.2 Å². The first kappa shape index (κ1) is 17.8. The first-order valence-electron chi connectivity index (χ1n) is 8.80. The summed E-state index contributed by atoms with van der Waals surface area (Å²) in [5, 5.41) is 0.230. The van der Waals surface area contributed by atoms with Crippen LogP contribution in [0.1, 0.15) is 19.3 Å². The highest BCUT2D eigenvalue weighted by Gasteiger charge is 2.23. The van der Waals surface area contributed by atoms with Gasteiger partial charge in [-0.25, -0.2) is 14.4 Å². The molecule has 1 aliphatic rings. The topological polar surface area (TPSA) is 72.1 Å². The van der Waals surface area contributed by atoms with E-state index in [4.69, 9.17) is 4.42 Å². The van der Waals surface area contributed by atoms with Crippen LogP contribution in [0, 0.1) is 5.82 Å². The Morgan fingerprint density at radius 1 is 1.07 bits per heavy atom. The maximum atomic E-state index is 13.4. The van der Waals surface area contributed by atoms with Gasteiger partial charge in [0.1, 0.15) is 17.2 Å². The number of piperidine rings is 1. The Labute approximate surface area is 158 Å². The molecule has 3 heterocycles. The Morgan fingerprint density at radius 2 is 1.81 bits per heavy atom. The summed E-state index contributed by atoms with van der Waals surface area (Å²) in [5.41, 5.74) is 1.82. The predicted octanol–water partition coefficient (Wildman–Crippen LogP) is 3.67. The molecule has 0 N–H and O–H groups in total. The van der Waals surface area contributed by atoms with Crippen LogP contribution in [0.5, 0.6) is 0 Å². The number of hydrogen-bond acceptors (Lipinski definition) is 6. The van der Waals surface area contributed by atoms with Gasteiger partial charge >= 0.3 is 0 Å². The van der Waals surface area contributed by atoms with Crippen molar-refractivity contribution >= 4 is 16.8 Å². The van der Waals surface area contributed by atoms with Gasteiger partial charge in [-0.05, 0) is 49.6 Å². The van der Waals surface area contributed by atoms with Crippen LogP contribution in [-0.2, 0) is 10.8 Å². The van der Waals surface area contributed by atoms with Gasteiger partial charge in [0, 0.05) is 31.1 Å². The molecule has 0 amide bonds. The molecule has 0 saturated carbocycles. The molecular formula is C19H19FN4O2S. The molecule has 4 rings (SSSR count). The summed E-state index contributed by atoms with van der Waals surface area (Å²) >= 11 is 0. The molecule has 0 spiro atoms. The molecule has 1 fully saturated rings. The molecule has 1 atom stereocenters. The van der Waals surface area contributed by atoms with E-state index in [1.165, 1.54) is 24.8 Å². The van der Waals surface area contributed by atoms with E-state index in [1.54, 1.807) is 24.4 Å². The number of aromatic nitrogens is 3. The van der Waals surface area contributed by atoms with Crippen molar-refractivity contribution in [3.63, 3.8) is 0 Å². The minimum absolute atomic E-state index is 0.230. The van der Waals surface area contributed by atoms with Crippen LogP contribution >= 0.6 is 0 Å². The van der Waals surface area contributed by atoms with Gasteiger partial charge < -0.3 is 9.32 Å². The van der Waals surface area contributed by atoms with Gasteiger partial charge in [0.15, 0.2) is 5.76 Å². The third kappa shape index (κ3) is 3.75. The number of anilines is 1. The lowest BCUT2D eigenvalue weighted by molar-refractivity contribution is 0.497. The quantitative estimate of drug-likeness (QED) is 0.637. The molecule has 27 heavy (non-hydrogen) atoms. The molecule has 0 bridgehead atoms. The Kier molecular flexibility index (Phi) is 4.98. The van der Waals surface area contributed by atoms with Crippen molar-refractivity contribution in [2.24, 2.45) is 0 Å². The molecule has 3 aromatic rings. The molecule has 1 unspecified atom stereocenters. The van der Waals surface area contributed by atoms with Gasteiger partial charge in [0.25, 0.3) is 6.01 Å². The molecular weight excluding hydrogens is 367 g/mol. The van der Waals surface area contributed by atoms with Gasteiger partial charge in [0.05, 0.1) is 10.8 Å². The molecule has 0 radical (unpaired) electrons. The van der Waals surface area contributed by atoms with E-state index >= 15 is 0 Å². The predicted molar refractivity (Wildman–Crippen MR) is 101 cm³/mol. The number of oxazole rings is 1. The maximum absolute atomic E-state index is 13.4. The highest BCUT2D eigenvalue weighted by molar-refractivity contribution is 7.84. The molecule has 2 aromatic heterocycles. The first-order chi connectivity index (χ1) is 13.1. The summed E-state index contributed by atoms with van der Waals surface area (Å²) in [4.78, 5) is 15.2. The van der Waals surface area contributed by atoms with Crippen molar-refractivity contribution in [3.05, 3.63) is 42.3 Å². The number of benzene rings is 1. The number of hydrogen-bond donors (Lipinski definition) is 0. The van der Waals surface area contributed by atoms with E-state index in [9.17, 15) is 8.60 Å². The smallest absolute Gasteiger partial charge is 0.298 e. The van der Waals surface area contributed by atoms with Crippen molar-refractivity contribution in [1.82, 2.24) is 15.0 Å². The fraction of sp³-hybridized carbons (Fsp3) is 0.316. The molecule has 1 saturated heterocycles. The van der Waals surface area contributed by atoms with Gasteiger partial charge in [-0.15, -0.1) is 0 Å². The van der Waals surface area contributed by atoms with E-state index in [-0.39, 0.29) is 11.0 Å². The minimum Gasteiger partial charge on any atom is -0.421 e. The molecule has 0 aliphatic carbocycles. The largest absolute Gasteiger partial charge is 0.421 e. The van der Waals surface area contributed by atoms with Crippen LogP contribution in [-0.4, -0.2) is 38.5 Å². The molecule has 140 valence electrons. The molecule has 6 nitrogen and oxygen atoms in total. The van der Waals surface area contributed by atoms with Crippen molar-refractivity contribution < 1.29 is 13.0 Å². The van der Waals surface area contributed by atoms with E-state index in [2.05, 4.69) is 19.9 Å². The Bertz CT molecular complexity index is 968. The monoisotopic (exact) mass is 386 g/mol. The van der Waals surface area contributed by atoms with Gasteiger partial charge in [-0.3, -0.25) is 4.21 Å². The fourth-order valence-corrected chi connectivity index (χ4v) is 3.55. The SMILES string of the molecule is CS(=O)c1nccc(-c2oc(N3CCCCC3)nc2-c2ccc(F)cc2)n1. The van der Waals surface area contributed by atoms with Crippen LogP contribution in [0.25, 0.3) is 22.7 Å². The third-order valence-electron chi connectivity index (χ3n) is 4.48. The maximum Gasteiger partial charge on any atom is 0.298 e. The van der Waals surface area contributed by atoms with E-state index < -0.39 is 10.8 Å². The second-order valence-electron chi connectivity index (χ2n) is 6.41. The van der Waals surface area contributed by atoms with Gasteiger partial charge in [0.2, 0.25) is 5.16 Å². The number of rotatable bonds is 4. The lowest BCUT2D eigenvalue weighted by atomic mass is 10.1. The van der Waals surface area contributed by atoms with Crippen LogP contribution in [0.3, 0.4) is 0 Å². The van der Waals surface area contributed by atoms with Crippen molar-refractivity contribution in [3.8, 4) is 22.7 Å². The molecule has 1 aliphatic heterocycles. The highest BCUT2D eigenvalue weighted by atomic mass is 32.2. The summed E-state index contributed by atoms with van der Waals surface area (Å²) in [7, 11) is -1.31. The lowest BCUT2D eigenvalue weighted by Gasteiger charge is -2.24. The second kappa shape index (κ2) is 7.56. The standard InChI is InChI=1S/C19H19FN4O2S/c1-27(25)18-21-10-9-15(22-18)17-16(13-5-7-14(20)8-6-13)23-19(26-17)24-11-3-2-4-12-24/h5-10H,2-4,11-12H2,1H3. The first-order valence-corrected chi connectivity index (χ1v) is 10.4. The summed E-state index contributed by atoms with van der Waals surface area (Å²) in [6, 6.07) is 8.33. The van der Waals surface area contributed by atoms with Crippen molar-refractivity contribution in [1.29, 1.82) is 0 Å². The molecule has 8 heteroatoms. The number of halogens is 1. The minimum atomic E-state index is -1.31. The Hall–Kier alpha value is -2.61. The van der Waals surface area contributed by atoms with Gasteiger partial charge in [-0.1, -0.05) is 0 Å². The zero-order valence-electron chi connectivity index (χ0n) is 14.9. The summed E-state index contributed by atoms with van der Waals surface area (Å²) in [6.07, 6.45) is 6.47. The summed E-state index contributed by atoms with van der Waals surface area (Å²) in [6.45, 7) is 1.77. The Balaban J connectivity index is 1.83. The van der Waals surface area contributed by atoms with Gasteiger partial charge in [-0.2, -0.15) is 4.98 Å². The fourth-order valence-electron chi connectivity index (χ4n) is 3.11. The van der Waals surface area contributed by atoms with Crippen molar-refractivity contribution in [2.75, 3.05) is 24.2 Å². The normalized spacial score (nSPS) is 15.7. The van der Waals surface area contributed by atoms with Crippen LogP contribution in [0.4, 0.5) is 10.4 Å². The van der Waals surface area contributed by atoms with Crippen molar-refractivity contribution in [2.45, 2.75) is 24.4 Å². The van der Waals surface area contributed by atoms with Crippen LogP contribution < -0.4 is 4.90 Å². The van der Waals surface area contributed by atoms with E-state index in [1.807, 2.05) is 0 Å². The van der Waals surface area contributed by atoms with Crippen LogP contribution in [0.2, 0.25) is 0 Å². The lowest BCUT2D eigenvalue weighted by Crippen LogP contribution is -2.29. The average Bonchev–Trinajstić information content (AvgIpc) is 3.15. The third-order valence-corrected chi connectivity index (χ3v) is 5.19. The zero-order valence-corrected chi connectivity index (χ0v) is 15.7. The number of nitrogens with zero attached hydrogens (tertiary/aromatic N) is 4. The second-order valence-corrected chi connectivity index (χ2v) is 7.68. The highest BCUT2D eigenvalue weighted by Crippen LogP contribution is 2.35. The summed E-state index contributed by atoms with van der Waals surface area (Å²) in [5.74, 6) is 0.155. The summed E-state index contributed by atoms with van der Waals surface area (Å²) < 4.78 is 31.2. The van der Waals surface area contributed by atoms with Crippen LogP contribution in [0.15, 0.2) is 46.1 Å². The zero-order chi connectivity index (χ0) is 18.8. The van der Waals surface area contributed by atoms with E-state index in [0.717, 1.165) is 31.5 Å².